The van der Waals surface area contributed by atoms with Gasteiger partial charge in [-0.1, -0.05) is 6.07 Å². The Balaban J connectivity index is 1.40. The Bertz CT molecular complexity index is 840. The van der Waals surface area contributed by atoms with E-state index in [0.717, 1.165) is 42.8 Å². The van der Waals surface area contributed by atoms with Crippen molar-refractivity contribution in [2.24, 2.45) is 0 Å². The van der Waals surface area contributed by atoms with Crippen LogP contribution in [0.5, 0.6) is 0 Å². The van der Waals surface area contributed by atoms with Crippen LogP contribution in [0.25, 0.3) is 11.0 Å². The van der Waals surface area contributed by atoms with Crippen molar-refractivity contribution in [2.45, 2.75) is 18.9 Å². The number of H-pyrrole nitrogens is 1. The summed E-state index contributed by atoms with van der Waals surface area (Å²) in [4.78, 5) is 27.0. The molecule has 3 aromatic rings. The standard InChI is InChI=1S/C16H17N7O/c24-16(13-3-1-2-6-17-13)21-11-4-7-23(8-5-11)15-12-9-20-22-14(12)18-10-19-15/h1-3,6,9-11H,4-5,7-8H2,(H,21,24)(H,18,19,20,22). The van der Waals surface area contributed by atoms with Crippen LogP contribution < -0.4 is 10.2 Å². The lowest BCUT2D eigenvalue weighted by molar-refractivity contribution is 0.0926. The molecule has 0 saturated carbocycles. The molecule has 4 rings (SSSR count). The summed E-state index contributed by atoms with van der Waals surface area (Å²) in [5.74, 6) is 0.775. The molecule has 122 valence electrons. The largest absolute Gasteiger partial charge is 0.356 e. The quantitative estimate of drug-likeness (QED) is 0.750. The highest BCUT2D eigenvalue weighted by Gasteiger charge is 2.23. The van der Waals surface area contributed by atoms with Crippen LogP contribution >= 0.6 is 0 Å². The SMILES string of the molecule is O=C(NC1CCN(c2ncnc3[nH]ncc23)CC1)c1ccccn1. The van der Waals surface area contributed by atoms with Gasteiger partial charge in [-0.05, 0) is 25.0 Å². The molecule has 3 aromatic heterocycles. The highest BCUT2D eigenvalue weighted by atomic mass is 16.1. The molecule has 1 fully saturated rings. The molecule has 1 amide bonds. The highest BCUT2D eigenvalue weighted by molar-refractivity contribution is 5.92. The molecule has 0 aliphatic carbocycles. The Hall–Kier alpha value is -3.03. The summed E-state index contributed by atoms with van der Waals surface area (Å²) >= 11 is 0. The predicted octanol–water partition coefficient (Wildman–Crippen LogP) is 1.15. The first kappa shape index (κ1) is 14.6. The minimum atomic E-state index is -0.117. The van der Waals surface area contributed by atoms with Crippen molar-refractivity contribution in [1.29, 1.82) is 0 Å². The normalized spacial score (nSPS) is 15.6. The number of hydrogen-bond acceptors (Lipinski definition) is 6. The van der Waals surface area contributed by atoms with Crippen molar-refractivity contribution in [2.75, 3.05) is 18.0 Å². The number of piperidine rings is 1. The fourth-order valence-electron chi connectivity index (χ4n) is 3.00. The van der Waals surface area contributed by atoms with E-state index in [1.165, 1.54) is 0 Å². The third-order valence-electron chi connectivity index (χ3n) is 4.25. The third-order valence-corrected chi connectivity index (χ3v) is 4.25. The summed E-state index contributed by atoms with van der Waals surface area (Å²) in [7, 11) is 0. The minimum Gasteiger partial charge on any atom is -0.356 e. The van der Waals surface area contributed by atoms with Crippen molar-refractivity contribution in [1.82, 2.24) is 30.5 Å². The number of aromatic amines is 1. The molecule has 0 atom stereocenters. The number of hydrogen-bond donors (Lipinski definition) is 2. The number of pyridine rings is 1. The van der Waals surface area contributed by atoms with Crippen LogP contribution in [0.4, 0.5) is 5.82 Å². The first-order valence-corrected chi connectivity index (χ1v) is 7.92. The van der Waals surface area contributed by atoms with Crippen LogP contribution in [-0.2, 0) is 0 Å². The lowest BCUT2D eigenvalue weighted by Gasteiger charge is -2.33. The third kappa shape index (κ3) is 2.78. The van der Waals surface area contributed by atoms with E-state index in [1.807, 2.05) is 6.07 Å². The van der Waals surface area contributed by atoms with Gasteiger partial charge in [-0.25, -0.2) is 9.97 Å². The molecule has 0 spiro atoms. The number of nitrogens with zero attached hydrogens (tertiary/aromatic N) is 5. The number of aromatic nitrogens is 5. The molecule has 2 N–H and O–H groups in total. The molecule has 1 saturated heterocycles. The molecule has 24 heavy (non-hydrogen) atoms. The zero-order chi connectivity index (χ0) is 16.4. The van der Waals surface area contributed by atoms with E-state index < -0.39 is 0 Å². The van der Waals surface area contributed by atoms with Gasteiger partial charge < -0.3 is 10.2 Å². The van der Waals surface area contributed by atoms with Gasteiger partial charge in [0.1, 0.15) is 17.8 Å². The number of anilines is 1. The zero-order valence-electron chi connectivity index (χ0n) is 13.0. The van der Waals surface area contributed by atoms with Crippen LogP contribution in [0.3, 0.4) is 0 Å². The Morgan fingerprint density at radius 1 is 1.21 bits per heavy atom. The molecular weight excluding hydrogens is 306 g/mol. The zero-order valence-corrected chi connectivity index (χ0v) is 13.0. The summed E-state index contributed by atoms with van der Waals surface area (Å²) in [6.07, 6.45) is 6.65. The maximum absolute atomic E-state index is 12.2. The molecule has 1 aliphatic heterocycles. The van der Waals surface area contributed by atoms with E-state index in [2.05, 4.69) is 35.4 Å². The van der Waals surface area contributed by atoms with Gasteiger partial charge in [-0.3, -0.25) is 14.9 Å². The van der Waals surface area contributed by atoms with E-state index >= 15 is 0 Å². The lowest BCUT2D eigenvalue weighted by Crippen LogP contribution is -2.45. The van der Waals surface area contributed by atoms with E-state index in [1.54, 1.807) is 30.9 Å². The number of carbonyl (C=O) groups excluding carboxylic acids is 1. The number of carbonyl (C=O) groups is 1. The van der Waals surface area contributed by atoms with Crippen molar-refractivity contribution in [3.8, 4) is 0 Å². The number of nitrogens with one attached hydrogen (secondary N) is 2. The molecule has 0 radical (unpaired) electrons. The maximum atomic E-state index is 12.2. The van der Waals surface area contributed by atoms with Crippen molar-refractivity contribution in [3.05, 3.63) is 42.6 Å². The van der Waals surface area contributed by atoms with E-state index in [-0.39, 0.29) is 11.9 Å². The highest BCUT2D eigenvalue weighted by Crippen LogP contribution is 2.24. The van der Waals surface area contributed by atoms with Gasteiger partial charge in [0.2, 0.25) is 0 Å². The number of amides is 1. The molecule has 8 nitrogen and oxygen atoms in total. The summed E-state index contributed by atoms with van der Waals surface area (Å²) in [6.45, 7) is 1.65. The van der Waals surface area contributed by atoms with Gasteiger partial charge >= 0.3 is 0 Å². The number of rotatable bonds is 3. The van der Waals surface area contributed by atoms with Gasteiger partial charge in [0.15, 0.2) is 5.65 Å². The Labute approximate surface area is 138 Å². The monoisotopic (exact) mass is 323 g/mol. The fraction of sp³-hybridized carbons (Fsp3) is 0.312. The van der Waals surface area contributed by atoms with Crippen LogP contribution in [0, 0.1) is 0 Å². The average molecular weight is 323 g/mol. The van der Waals surface area contributed by atoms with Gasteiger partial charge in [0, 0.05) is 25.3 Å². The average Bonchev–Trinajstić information content (AvgIpc) is 3.12. The van der Waals surface area contributed by atoms with Crippen LogP contribution in [0.2, 0.25) is 0 Å². The van der Waals surface area contributed by atoms with Crippen LogP contribution in [0.1, 0.15) is 23.3 Å². The first-order chi connectivity index (χ1) is 11.8. The Morgan fingerprint density at radius 2 is 2.08 bits per heavy atom. The van der Waals surface area contributed by atoms with Gasteiger partial charge in [-0.15, -0.1) is 0 Å². The molecule has 4 heterocycles. The summed E-state index contributed by atoms with van der Waals surface area (Å²) in [6, 6.07) is 5.49. The molecule has 0 aromatic carbocycles. The van der Waals surface area contributed by atoms with Gasteiger partial charge in [0.05, 0.1) is 11.6 Å². The lowest BCUT2D eigenvalue weighted by atomic mass is 10.0. The first-order valence-electron chi connectivity index (χ1n) is 7.92. The molecular formula is C16H17N7O. The van der Waals surface area contributed by atoms with Crippen molar-refractivity contribution < 1.29 is 4.79 Å². The molecule has 1 aliphatic rings. The smallest absolute Gasteiger partial charge is 0.270 e. The van der Waals surface area contributed by atoms with E-state index in [4.69, 9.17) is 0 Å². The van der Waals surface area contributed by atoms with Gasteiger partial charge in [0.25, 0.3) is 5.91 Å². The summed E-state index contributed by atoms with van der Waals surface area (Å²) in [5, 5.41) is 10.9. The second-order valence-electron chi connectivity index (χ2n) is 5.78. The second-order valence-corrected chi connectivity index (χ2v) is 5.78. The van der Waals surface area contributed by atoms with Crippen LogP contribution in [-0.4, -0.2) is 50.2 Å². The van der Waals surface area contributed by atoms with Gasteiger partial charge in [-0.2, -0.15) is 5.10 Å². The number of fused-ring (bicyclic) bond motifs is 1. The van der Waals surface area contributed by atoms with Crippen molar-refractivity contribution >= 4 is 22.8 Å². The minimum absolute atomic E-state index is 0.117. The fourth-order valence-corrected chi connectivity index (χ4v) is 3.00. The predicted molar refractivity (Wildman–Crippen MR) is 88.6 cm³/mol. The summed E-state index contributed by atoms with van der Waals surface area (Å²) in [5.41, 5.74) is 1.20. The van der Waals surface area contributed by atoms with Crippen LogP contribution in [0.15, 0.2) is 36.9 Å². The molecule has 0 unspecified atom stereocenters. The maximum Gasteiger partial charge on any atom is 0.270 e. The summed E-state index contributed by atoms with van der Waals surface area (Å²) < 4.78 is 0. The molecule has 0 bridgehead atoms. The van der Waals surface area contributed by atoms with Crippen molar-refractivity contribution in [3.63, 3.8) is 0 Å². The van der Waals surface area contributed by atoms with E-state index in [0.29, 0.717) is 5.69 Å². The Kier molecular flexibility index (Phi) is 3.78. The van der Waals surface area contributed by atoms with E-state index in [9.17, 15) is 4.79 Å². The second kappa shape index (κ2) is 6.23. The Morgan fingerprint density at radius 3 is 2.88 bits per heavy atom. The topological polar surface area (TPSA) is 99.7 Å². The molecule has 8 heteroatoms.